The second-order valence-electron chi connectivity index (χ2n) is 5.79. The lowest BCUT2D eigenvalue weighted by Crippen LogP contribution is -2.30. The Balaban J connectivity index is 1.71. The van der Waals surface area contributed by atoms with Crippen LogP contribution in [0.15, 0.2) is 43.0 Å². The van der Waals surface area contributed by atoms with Crippen molar-refractivity contribution in [1.29, 1.82) is 0 Å². The normalized spacial score (nSPS) is 10.8. The van der Waals surface area contributed by atoms with E-state index in [2.05, 4.69) is 32.5 Å². The number of para-hydroxylation sites is 1. The van der Waals surface area contributed by atoms with Gasteiger partial charge in [-0.15, -0.1) is 0 Å². The second kappa shape index (κ2) is 8.23. The van der Waals surface area contributed by atoms with Gasteiger partial charge in [0.15, 0.2) is 17.0 Å². The molecule has 0 bridgehead atoms. The highest BCUT2D eigenvalue weighted by atomic mass is 16.2. The van der Waals surface area contributed by atoms with Gasteiger partial charge in [-0.25, -0.2) is 19.7 Å². The zero-order valence-electron chi connectivity index (χ0n) is 14.3. The maximum absolute atomic E-state index is 12.0. The van der Waals surface area contributed by atoms with Crippen LogP contribution in [0.25, 0.3) is 16.9 Å². The number of benzene rings is 1. The quantitative estimate of drug-likeness (QED) is 0.646. The van der Waals surface area contributed by atoms with Crippen LogP contribution in [0.2, 0.25) is 0 Å². The Bertz CT molecular complexity index is 830. The van der Waals surface area contributed by atoms with Gasteiger partial charge in [0.25, 0.3) is 0 Å². The van der Waals surface area contributed by atoms with Crippen LogP contribution in [-0.2, 0) is 0 Å². The fourth-order valence-electron chi connectivity index (χ4n) is 2.61. The molecule has 2 aromatic heterocycles. The third kappa shape index (κ3) is 4.12. The first kappa shape index (κ1) is 16.9. The van der Waals surface area contributed by atoms with Gasteiger partial charge in [0.05, 0.1) is 0 Å². The van der Waals surface area contributed by atoms with E-state index in [9.17, 15) is 4.79 Å². The SMILES string of the molecule is CCCCCCNC(=O)Nc1ncnc2c1ncn2-c1ccccc1. The summed E-state index contributed by atoms with van der Waals surface area (Å²) in [5, 5.41) is 5.61. The van der Waals surface area contributed by atoms with E-state index < -0.39 is 0 Å². The molecule has 2 heterocycles. The number of fused-ring (bicyclic) bond motifs is 1. The maximum atomic E-state index is 12.0. The van der Waals surface area contributed by atoms with E-state index in [0.29, 0.717) is 23.5 Å². The van der Waals surface area contributed by atoms with Crippen LogP contribution in [-0.4, -0.2) is 32.1 Å². The number of rotatable bonds is 7. The van der Waals surface area contributed by atoms with E-state index in [1.54, 1.807) is 6.33 Å². The molecule has 0 fully saturated rings. The first-order valence-corrected chi connectivity index (χ1v) is 8.58. The van der Waals surface area contributed by atoms with E-state index in [1.165, 1.54) is 19.2 Å². The predicted octanol–water partition coefficient (Wildman–Crippen LogP) is 3.52. The summed E-state index contributed by atoms with van der Waals surface area (Å²) in [6, 6.07) is 9.53. The third-order valence-corrected chi connectivity index (χ3v) is 3.92. The van der Waals surface area contributed by atoms with Crippen molar-refractivity contribution in [2.45, 2.75) is 32.6 Å². The van der Waals surface area contributed by atoms with Crippen molar-refractivity contribution in [2.24, 2.45) is 0 Å². The van der Waals surface area contributed by atoms with Crippen molar-refractivity contribution in [3.8, 4) is 5.69 Å². The molecule has 1 aromatic carbocycles. The second-order valence-corrected chi connectivity index (χ2v) is 5.79. The number of urea groups is 1. The summed E-state index contributed by atoms with van der Waals surface area (Å²) in [5.41, 5.74) is 2.17. The number of hydrogen-bond donors (Lipinski definition) is 2. The van der Waals surface area contributed by atoms with Gasteiger partial charge < -0.3 is 5.32 Å². The van der Waals surface area contributed by atoms with Crippen LogP contribution in [0.4, 0.5) is 10.6 Å². The molecule has 3 rings (SSSR count). The fourth-order valence-corrected chi connectivity index (χ4v) is 2.61. The van der Waals surface area contributed by atoms with Gasteiger partial charge in [-0.2, -0.15) is 0 Å². The number of hydrogen-bond acceptors (Lipinski definition) is 4. The van der Waals surface area contributed by atoms with Crippen LogP contribution in [0.3, 0.4) is 0 Å². The summed E-state index contributed by atoms with van der Waals surface area (Å²) >= 11 is 0. The minimum absolute atomic E-state index is 0.272. The average Bonchev–Trinajstić information content (AvgIpc) is 3.07. The van der Waals surface area contributed by atoms with Crippen LogP contribution in [0.1, 0.15) is 32.6 Å². The summed E-state index contributed by atoms with van der Waals surface area (Å²) < 4.78 is 1.87. The number of anilines is 1. The molecule has 130 valence electrons. The van der Waals surface area contributed by atoms with Crippen LogP contribution < -0.4 is 10.6 Å². The molecule has 0 radical (unpaired) electrons. The number of imidazole rings is 1. The summed E-state index contributed by atoms with van der Waals surface area (Å²) in [7, 11) is 0. The van der Waals surface area contributed by atoms with E-state index in [1.807, 2.05) is 34.9 Å². The number of carbonyl (C=O) groups is 1. The van der Waals surface area contributed by atoms with Gasteiger partial charge >= 0.3 is 6.03 Å². The molecule has 0 aliphatic heterocycles. The van der Waals surface area contributed by atoms with Crippen molar-refractivity contribution in [3.63, 3.8) is 0 Å². The number of unbranched alkanes of at least 4 members (excludes halogenated alkanes) is 3. The predicted molar refractivity (Wildman–Crippen MR) is 97.8 cm³/mol. The molecule has 7 heteroatoms. The molecule has 0 unspecified atom stereocenters. The average molecular weight is 338 g/mol. The first-order chi connectivity index (χ1) is 12.3. The number of nitrogens with zero attached hydrogens (tertiary/aromatic N) is 4. The molecule has 7 nitrogen and oxygen atoms in total. The highest BCUT2D eigenvalue weighted by Gasteiger charge is 2.13. The lowest BCUT2D eigenvalue weighted by atomic mass is 10.2. The number of amides is 2. The minimum Gasteiger partial charge on any atom is -0.338 e. The molecule has 0 aliphatic rings. The molecular weight excluding hydrogens is 316 g/mol. The number of aromatic nitrogens is 4. The number of nitrogens with one attached hydrogen (secondary N) is 2. The van der Waals surface area contributed by atoms with Gasteiger partial charge in [0.1, 0.15) is 12.7 Å². The topological polar surface area (TPSA) is 84.7 Å². The minimum atomic E-state index is -0.272. The van der Waals surface area contributed by atoms with E-state index in [4.69, 9.17) is 0 Å². The van der Waals surface area contributed by atoms with E-state index >= 15 is 0 Å². The Morgan fingerprint density at radius 2 is 1.92 bits per heavy atom. The van der Waals surface area contributed by atoms with Crippen molar-refractivity contribution < 1.29 is 4.79 Å². The van der Waals surface area contributed by atoms with E-state index in [0.717, 1.165) is 18.5 Å². The molecular formula is C18H22N6O. The molecule has 25 heavy (non-hydrogen) atoms. The Kier molecular flexibility index (Phi) is 5.56. The lowest BCUT2D eigenvalue weighted by Gasteiger charge is -2.07. The summed E-state index contributed by atoms with van der Waals surface area (Å²) in [5.74, 6) is 0.408. The van der Waals surface area contributed by atoms with Gasteiger partial charge in [0, 0.05) is 12.2 Å². The standard InChI is InChI=1S/C18H22N6O/c1-2-3-4-8-11-19-18(25)23-16-15-17(21-12-20-16)24(13-22-15)14-9-6-5-7-10-14/h5-7,9-10,12-13H,2-4,8,11H2,1H3,(H2,19,20,21,23,25). The van der Waals surface area contributed by atoms with Gasteiger partial charge in [0.2, 0.25) is 0 Å². The fraction of sp³-hybridized carbons (Fsp3) is 0.333. The van der Waals surface area contributed by atoms with Gasteiger partial charge in [-0.05, 0) is 18.6 Å². The van der Waals surface area contributed by atoms with E-state index in [-0.39, 0.29) is 6.03 Å². The molecule has 2 amide bonds. The van der Waals surface area contributed by atoms with Crippen LogP contribution in [0.5, 0.6) is 0 Å². The smallest absolute Gasteiger partial charge is 0.320 e. The molecule has 0 atom stereocenters. The Morgan fingerprint density at radius 3 is 2.72 bits per heavy atom. The van der Waals surface area contributed by atoms with Crippen molar-refractivity contribution >= 4 is 23.0 Å². The number of carbonyl (C=O) groups excluding carboxylic acids is 1. The van der Waals surface area contributed by atoms with Gasteiger partial charge in [-0.3, -0.25) is 9.88 Å². The molecule has 0 spiro atoms. The van der Waals surface area contributed by atoms with Crippen LogP contribution >= 0.6 is 0 Å². The summed E-state index contributed by atoms with van der Waals surface area (Å²) in [4.78, 5) is 24.9. The Labute approximate surface area is 146 Å². The van der Waals surface area contributed by atoms with Crippen LogP contribution in [0, 0.1) is 0 Å². The van der Waals surface area contributed by atoms with Crippen molar-refractivity contribution in [1.82, 2.24) is 24.8 Å². The third-order valence-electron chi connectivity index (χ3n) is 3.92. The van der Waals surface area contributed by atoms with Crippen molar-refractivity contribution in [2.75, 3.05) is 11.9 Å². The Morgan fingerprint density at radius 1 is 1.08 bits per heavy atom. The zero-order chi connectivity index (χ0) is 17.5. The summed E-state index contributed by atoms with van der Waals surface area (Å²) in [6.07, 6.45) is 7.57. The monoisotopic (exact) mass is 338 g/mol. The Hall–Kier alpha value is -2.96. The molecule has 0 saturated carbocycles. The molecule has 2 N–H and O–H groups in total. The molecule has 3 aromatic rings. The first-order valence-electron chi connectivity index (χ1n) is 8.58. The molecule has 0 aliphatic carbocycles. The maximum Gasteiger partial charge on any atom is 0.320 e. The highest BCUT2D eigenvalue weighted by Crippen LogP contribution is 2.20. The highest BCUT2D eigenvalue weighted by molar-refractivity contribution is 5.96. The zero-order valence-corrected chi connectivity index (χ0v) is 14.3. The largest absolute Gasteiger partial charge is 0.338 e. The van der Waals surface area contributed by atoms with Crippen molar-refractivity contribution in [3.05, 3.63) is 43.0 Å². The molecule has 0 saturated heterocycles. The van der Waals surface area contributed by atoms with Gasteiger partial charge in [-0.1, -0.05) is 44.4 Å². The lowest BCUT2D eigenvalue weighted by molar-refractivity contribution is 0.252. The summed E-state index contributed by atoms with van der Waals surface area (Å²) in [6.45, 7) is 2.81.